The van der Waals surface area contributed by atoms with Gasteiger partial charge in [-0.1, -0.05) is 6.07 Å². The Bertz CT molecular complexity index is 2220. The van der Waals surface area contributed by atoms with E-state index >= 15 is 0 Å². The van der Waals surface area contributed by atoms with Crippen molar-refractivity contribution < 1.29 is 38.7 Å². The highest BCUT2D eigenvalue weighted by atomic mass is 16.5. The number of nitrogens with two attached hydrogens (primary N) is 1. The van der Waals surface area contributed by atoms with Crippen LogP contribution < -0.4 is 34.7 Å². The number of nitrogens with zero attached hydrogens (tertiary/aromatic N) is 4. The summed E-state index contributed by atoms with van der Waals surface area (Å²) in [5.74, 6) is 1.99. The molecule has 296 valence electrons. The van der Waals surface area contributed by atoms with Crippen molar-refractivity contribution in [2.24, 2.45) is 5.73 Å². The van der Waals surface area contributed by atoms with E-state index in [0.29, 0.717) is 76.8 Å². The minimum atomic E-state index is -0.711. The van der Waals surface area contributed by atoms with Gasteiger partial charge in [0, 0.05) is 57.4 Å². The lowest BCUT2D eigenvalue weighted by atomic mass is 9.71. The van der Waals surface area contributed by atoms with Gasteiger partial charge in [0.15, 0.2) is 23.0 Å². The summed E-state index contributed by atoms with van der Waals surface area (Å²) >= 11 is 0. The first-order chi connectivity index (χ1) is 27.0. The van der Waals surface area contributed by atoms with E-state index in [1.807, 2.05) is 45.2 Å². The maximum Gasteiger partial charge on any atom is 0.269 e. The summed E-state index contributed by atoms with van der Waals surface area (Å²) in [5, 5.41) is 38.8. The molecule has 1 fully saturated rings. The quantitative estimate of drug-likeness (QED) is 0.147. The summed E-state index contributed by atoms with van der Waals surface area (Å²) in [7, 11) is 8.15. The fraction of sp³-hybridized carbons (Fsp3) is 0.452. The number of nitrogens with one attached hydrogen (secondary N) is 1. The molecule has 2 bridgehead atoms. The Morgan fingerprint density at radius 3 is 2.16 bits per heavy atom. The van der Waals surface area contributed by atoms with Crippen LogP contribution in [0.4, 0.5) is 0 Å². The van der Waals surface area contributed by atoms with Crippen molar-refractivity contribution in [3.05, 3.63) is 69.4 Å². The molecule has 4 aromatic rings. The van der Waals surface area contributed by atoms with Gasteiger partial charge in [-0.15, -0.1) is 0 Å². The lowest BCUT2D eigenvalue weighted by molar-refractivity contribution is -0.0724. The SMILES string of the molecule is COc1c(C)c(OC)c2c(c1O)[C@@H]1[C@@H]3Cc4c(OC)c(C)c(OC)c(O)c4[C@H](CNC(=O)c4ccc5cc(OCCCCN)ccc5n4)N3[C@@H](C#N)[C@@H](C2)N1C. The molecular formula is C42H50N6O8. The number of nitriles is 1. The van der Waals surface area contributed by atoms with E-state index in [4.69, 9.17) is 29.4 Å². The second-order valence-electron chi connectivity index (χ2n) is 14.7. The maximum atomic E-state index is 14.0. The maximum absolute atomic E-state index is 14.0. The highest BCUT2D eigenvalue weighted by Crippen LogP contribution is 2.58. The highest BCUT2D eigenvalue weighted by Gasteiger charge is 2.57. The molecule has 0 aliphatic carbocycles. The van der Waals surface area contributed by atoms with Crippen molar-refractivity contribution >= 4 is 16.8 Å². The lowest BCUT2D eigenvalue weighted by Crippen LogP contribution is -2.68. The number of ether oxygens (including phenoxy) is 5. The smallest absolute Gasteiger partial charge is 0.269 e. The van der Waals surface area contributed by atoms with E-state index < -0.39 is 30.1 Å². The van der Waals surface area contributed by atoms with Crippen LogP contribution >= 0.6 is 0 Å². The number of pyridine rings is 1. The number of carbonyl (C=O) groups excluding carboxylic acids is 1. The third-order valence-corrected chi connectivity index (χ3v) is 11.9. The summed E-state index contributed by atoms with van der Waals surface area (Å²) in [6, 6.07) is 9.05. The van der Waals surface area contributed by atoms with Crippen LogP contribution in [0.2, 0.25) is 0 Å². The van der Waals surface area contributed by atoms with Gasteiger partial charge in [0.2, 0.25) is 0 Å². The van der Waals surface area contributed by atoms with E-state index in [0.717, 1.165) is 29.4 Å². The first kappa shape index (κ1) is 38.8. The van der Waals surface area contributed by atoms with E-state index in [-0.39, 0.29) is 35.5 Å². The normalized spacial score (nSPS) is 21.3. The number of unbranched alkanes of at least 4 members (excludes halogenated alkanes) is 1. The van der Waals surface area contributed by atoms with Gasteiger partial charge < -0.3 is 44.9 Å². The molecule has 0 radical (unpaired) electrons. The van der Waals surface area contributed by atoms with Crippen molar-refractivity contribution in [2.75, 3.05) is 55.2 Å². The van der Waals surface area contributed by atoms with Gasteiger partial charge in [-0.05, 0) is 77.4 Å². The molecule has 0 unspecified atom stereocenters. The van der Waals surface area contributed by atoms with Crippen LogP contribution in [0.3, 0.4) is 0 Å². The number of rotatable bonds is 12. The molecule has 0 saturated carbocycles. The van der Waals surface area contributed by atoms with Crippen LogP contribution in [0.25, 0.3) is 10.9 Å². The number of fused-ring (bicyclic) bond motifs is 8. The minimum Gasteiger partial charge on any atom is -0.504 e. The number of aromatic nitrogens is 1. The van der Waals surface area contributed by atoms with Crippen molar-refractivity contribution in [1.29, 1.82) is 5.26 Å². The molecule has 7 rings (SSSR count). The standard InChI is InChI=1S/C42H50N6O8/c1-21-38(52-4)25-18-30-35-34-26(39(53-5)22(2)41(55-7)37(34)50)17-29(47(35)3)31(19-44)48(30)32(33(25)36(49)40(21)54-6)20-45-42(51)28-12-10-23-16-24(11-13-27(23)46-28)56-15-9-8-14-43/h10-13,16,29-32,35,49-50H,8-9,14-15,17-18,20,43H2,1-7H3,(H,45,51)/t29-,30+,31+,32+,35+/m1/s1. The van der Waals surface area contributed by atoms with Crippen molar-refractivity contribution in [1.82, 2.24) is 20.1 Å². The molecule has 14 heteroatoms. The molecule has 3 aromatic carbocycles. The zero-order valence-corrected chi connectivity index (χ0v) is 32.9. The monoisotopic (exact) mass is 766 g/mol. The third-order valence-electron chi connectivity index (χ3n) is 11.9. The van der Waals surface area contributed by atoms with Gasteiger partial charge in [-0.2, -0.15) is 5.26 Å². The first-order valence-electron chi connectivity index (χ1n) is 18.9. The minimum absolute atomic E-state index is 0.0152. The van der Waals surface area contributed by atoms with Gasteiger partial charge in [0.1, 0.15) is 29.0 Å². The van der Waals surface area contributed by atoms with Crippen molar-refractivity contribution in [3.8, 4) is 46.3 Å². The first-order valence-corrected chi connectivity index (χ1v) is 18.9. The van der Waals surface area contributed by atoms with Crippen LogP contribution in [-0.4, -0.2) is 104 Å². The summed E-state index contributed by atoms with van der Waals surface area (Å²) < 4.78 is 29.3. The number of piperazine rings is 1. The molecule has 14 nitrogen and oxygen atoms in total. The number of benzene rings is 3. The van der Waals surface area contributed by atoms with Crippen LogP contribution in [0, 0.1) is 25.2 Å². The zero-order valence-electron chi connectivity index (χ0n) is 32.9. The molecule has 3 aliphatic heterocycles. The molecule has 5 N–H and O–H groups in total. The average molecular weight is 767 g/mol. The zero-order chi connectivity index (χ0) is 40.0. The molecule has 1 amide bonds. The number of carbonyl (C=O) groups is 1. The Kier molecular flexibility index (Phi) is 10.8. The third kappa shape index (κ3) is 6.14. The summed E-state index contributed by atoms with van der Waals surface area (Å²) in [6.07, 6.45) is 2.50. The van der Waals surface area contributed by atoms with Crippen molar-refractivity contribution in [2.45, 2.75) is 69.7 Å². The number of likely N-dealkylation sites (N-methyl/N-ethyl adjacent to an activating group) is 1. The predicted octanol–water partition coefficient (Wildman–Crippen LogP) is 4.62. The molecular weight excluding hydrogens is 716 g/mol. The molecule has 56 heavy (non-hydrogen) atoms. The van der Waals surface area contributed by atoms with Gasteiger partial charge in [0.25, 0.3) is 5.91 Å². The Hall–Kier alpha value is -5.49. The topological polar surface area (TPSA) is 185 Å². The fourth-order valence-electron chi connectivity index (χ4n) is 9.45. The molecule has 1 aromatic heterocycles. The molecule has 0 spiro atoms. The van der Waals surface area contributed by atoms with Crippen LogP contribution in [0.15, 0.2) is 30.3 Å². The lowest BCUT2D eigenvalue weighted by Gasteiger charge is -2.60. The van der Waals surface area contributed by atoms with Gasteiger partial charge in [-0.25, -0.2) is 4.98 Å². The van der Waals surface area contributed by atoms with Gasteiger partial charge in [0.05, 0.1) is 58.7 Å². The summed E-state index contributed by atoms with van der Waals surface area (Å²) in [4.78, 5) is 22.9. The molecule has 5 atom stereocenters. The second kappa shape index (κ2) is 15.6. The number of amides is 1. The van der Waals surface area contributed by atoms with Crippen LogP contribution in [-0.2, 0) is 12.8 Å². The van der Waals surface area contributed by atoms with Crippen molar-refractivity contribution in [3.63, 3.8) is 0 Å². The Labute approximate surface area is 326 Å². The number of methoxy groups -OCH3 is 4. The van der Waals surface area contributed by atoms with E-state index in [9.17, 15) is 20.3 Å². The van der Waals surface area contributed by atoms with E-state index in [2.05, 4.69) is 26.2 Å². The number of phenolic OH excluding ortho intramolecular Hbond substituents is 2. The van der Waals surface area contributed by atoms with E-state index in [1.165, 1.54) is 14.2 Å². The molecule has 4 heterocycles. The Morgan fingerprint density at radius 2 is 1.54 bits per heavy atom. The number of hydrogen-bond donors (Lipinski definition) is 4. The molecule has 3 aliphatic rings. The second-order valence-corrected chi connectivity index (χ2v) is 14.7. The Morgan fingerprint density at radius 1 is 0.911 bits per heavy atom. The van der Waals surface area contributed by atoms with Crippen LogP contribution in [0.1, 0.15) is 68.8 Å². The van der Waals surface area contributed by atoms with Gasteiger partial charge in [-0.3, -0.25) is 14.6 Å². The number of phenols is 2. The predicted molar refractivity (Wildman–Crippen MR) is 209 cm³/mol. The summed E-state index contributed by atoms with van der Waals surface area (Å²) in [6.45, 7) is 4.87. The number of hydrogen-bond acceptors (Lipinski definition) is 13. The van der Waals surface area contributed by atoms with Crippen LogP contribution in [0.5, 0.6) is 40.2 Å². The Balaban J connectivity index is 1.31. The largest absolute Gasteiger partial charge is 0.504 e. The average Bonchev–Trinajstić information content (AvgIpc) is 3.19. The highest BCUT2D eigenvalue weighted by molar-refractivity contribution is 5.95. The molecule has 1 saturated heterocycles. The van der Waals surface area contributed by atoms with E-state index in [1.54, 1.807) is 20.3 Å². The fourth-order valence-corrected chi connectivity index (χ4v) is 9.45. The van der Waals surface area contributed by atoms with Gasteiger partial charge >= 0.3 is 0 Å². The number of aromatic hydroxyl groups is 2. The summed E-state index contributed by atoms with van der Waals surface area (Å²) in [5.41, 5.74) is 10.5.